The number of rotatable bonds is 1. The smallest absolute Gasteiger partial charge is 0.430 e. The van der Waals surface area contributed by atoms with Gasteiger partial charge < -0.3 is 19.5 Å². The first kappa shape index (κ1) is 19.8. The van der Waals surface area contributed by atoms with Crippen molar-refractivity contribution in [2.75, 3.05) is 31.2 Å². The third-order valence-electron chi connectivity index (χ3n) is 4.41. The van der Waals surface area contributed by atoms with Crippen LogP contribution in [0.15, 0.2) is 42.5 Å². The second kappa shape index (κ2) is 7.97. The van der Waals surface area contributed by atoms with Crippen molar-refractivity contribution in [2.24, 2.45) is 7.05 Å². The Hall–Kier alpha value is -2.94. The molecule has 0 bridgehead atoms. The molecule has 2 aromatic carbocycles. The van der Waals surface area contributed by atoms with Gasteiger partial charge in [0.25, 0.3) is 0 Å². The average Bonchev–Trinajstić information content (AvgIpc) is 2.68. The highest BCUT2D eigenvalue weighted by Crippen LogP contribution is 2.21. The first-order valence-electron chi connectivity index (χ1n) is 8.57. The molecule has 1 fully saturated rings. The summed E-state index contributed by atoms with van der Waals surface area (Å²) in [7, 11) is 2.11. The number of benzene rings is 2. The summed E-state index contributed by atoms with van der Waals surface area (Å²) in [6, 6.07) is 14.8. The fraction of sp³-hybridized carbons (Fsp3) is 0.316. The Morgan fingerprint density at radius 3 is 2.36 bits per heavy atom. The van der Waals surface area contributed by atoms with Gasteiger partial charge in [0, 0.05) is 30.9 Å². The Morgan fingerprint density at radius 2 is 1.71 bits per heavy atom. The normalized spacial score (nSPS) is 14.6. The molecule has 6 nitrogen and oxygen atoms in total. The van der Waals surface area contributed by atoms with Crippen LogP contribution < -0.4 is 14.6 Å². The van der Waals surface area contributed by atoms with Crippen LogP contribution in [0.2, 0.25) is 0 Å². The molecule has 4 rings (SSSR count). The number of aromatic nitrogens is 2. The lowest BCUT2D eigenvalue weighted by atomic mass is 10.2. The molecular formula is C19H18F3N3O3. The molecule has 0 unspecified atom stereocenters. The maximum atomic E-state index is 10.5. The first-order valence-corrected chi connectivity index (χ1v) is 8.57. The lowest BCUT2D eigenvalue weighted by Crippen LogP contribution is -2.37. The average molecular weight is 393 g/mol. The van der Waals surface area contributed by atoms with E-state index < -0.39 is 12.1 Å². The van der Waals surface area contributed by atoms with Crippen molar-refractivity contribution in [3.8, 4) is 0 Å². The minimum absolute atomic E-state index is 0.806. The number of carboxylic acid groups (broad SMARTS) is 1. The SMILES string of the molecule is C[n+]1c2ccccc2nc2ccc(N3CCOCC3)cc21.O=C([O-])C(F)(F)F. The van der Waals surface area contributed by atoms with Gasteiger partial charge in [0.1, 0.15) is 24.1 Å². The fourth-order valence-corrected chi connectivity index (χ4v) is 3.00. The second-order valence-corrected chi connectivity index (χ2v) is 6.22. The number of nitrogens with zero attached hydrogens (tertiary/aromatic N) is 3. The van der Waals surface area contributed by atoms with E-state index in [0.717, 1.165) is 48.4 Å². The Kier molecular flexibility index (Phi) is 5.64. The number of aryl methyl sites for hydroxylation is 1. The molecule has 1 aliphatic rings. The van der Waals surface area contributed by atoms with Crippen LogP contribution in [0.3, 0.4) is 0 Å². The van der Waals surface area contributed by atoms with E-state index >= 15 is 0 Å². The van der Waals surface area contributed by atoms with Crippen molar-refractivity contribution in [2.45, 2.75) is 6.18 Å². The molecule has 0 radical (unpaired) electrons. The molecule has 148 valence electrons. The van der Waals surface area contributed by atoms with Crippen LogP contribution in [0, 0.1) is 0 Å². The molecule has 1 aliphatic heterocycles. The highest BCUT2D eigenvalue weighted by atomic mass is 19.4. The number of carboxylic acids is 1. The van der Waals surface area contributed by atoms with E-state index in [9.17, 15) is 13.2 Å². The van der Waals surface area contributed by atoms with Crippen LogP contribution >= 0.6 is 0 Å². The van der Waals surface area contributed by atoms with Crippen LogP contribution in [-0.2, 0) is 16.6 Å². The number of ether oxygens (including phenoxy) is 1. The van der Waals surface area contributed by atoms with E-state index in [0.29, 0.717) is 0 Å². The van der Waals surface area contributed by atoms with E-state index in [2.05, 4.69) is 52.9 Å². The molecular weight excluding hydrogens is 375 g/mol. The van der Waals surface area contributed by atoms with E-state index in [4.69, 9.17) is 19.6 Å². The highest BCUT2D eigenvalue weighted by Gasteiger charge is 2.28. The molecule has 1 aromatic heterocycles. The van der Waals surface area contributed by atoms with Crippen molar-refractivity contribution >= 4 is 33.7 Å². The minimum Gasteiger partial charge on any atom is -0.542 e. The van der Waals surface area contributed by atoms with Gasteiger partial charge in [-0.05, 0) is 18.2 Å². The standard InChI is InChI=1S/C17H18N3O.C2HF3O2/c1-19-16-5-3-2-4-14(16)18-15-7-6-13(12-17(15)19)20-8-10-21-11-9-20;3-2(4,5)1(6)7/h2-7,12H,8-11H2,1H3;(H,6,7)/q+1;/p-1. The fourth-order valence-electron chi connectivity index (χ4n) is 3.00. The van der Waals surface area contributed by atoms with E-state index in [1.807, 2.05) is 6.07 Å². The largest absolute Gasteiger partial charge is 0.542 e. The second-order valence-electron chi connectivity index (χ2n) is 6.22. The molecule has 28 heavy (non-hydrogen) atoms. The highest BCUT2D eigenvalue weighted by molar-refractivity contribution is 5.83. The predicted octanol–water partition coefficient (Wildman–Crippen LogP) is 1.35. The van der Waals surface area contributed by atoms with Crippen molar-refractivity contribution in [3.63, 3.8) is 0 Å². The van der Waals surface area contributed by atoms with Crippen LogP contribution in [0.25, 0.3) is 22.1 Å². The number of anilines is 1. The number of carbonyl (C=O) groups is 1. The van der Waals surface area contributed by atoms with Crippen molar-refractivity contribution < 1.29 is 32.4 Å². The molecule has 0 amide bonds. The number of hydrogen-bond acceptors (Lipinski definition) is 5. The summed E-state index contributed by atoms with van der Waals surface area (Å²) in [4.78, 5) is 15.9. The number of halogens is 3. The van der Waals surface area contributed by atoms with Crippen molar-refractivity contribution in [3.05, 3.63) is 42.5 Å². The van der Waals surface area contributed by atoms with E-state index in [1.165, 1.54) is 5.69 Å². The summed E-state index contributed by atoms with van der Waals surface area (Å²) in [5.74, 6) is -3.01. The quantitative estimate of drug-likeness (QED) is 0.461. The van der Waals surface area contributed by atoms with Crippen LogP contribution in [0.5, 0.6) is 0 Å². The van der Waals surface area contributed by atoms with Crippen molar-refractivity contribution in [1.82, 2.24) is 4.98 Å². The summed E-state index contributed by atoms with van der Waals surface area (Å²) in [5.41, 5.74) is 5.64. The van der Waals surface area contributed by atoms with Crippen molar-refractivity contribution in [1.29, 1.82) is 0 Å². The van der Waals surface area contributed by atoms with E-state index in [1.54, 1.807) is 0 Å². The monoisotopic (exact) mass is 393 g/mol. The molecule has 3 aromatic rings. The van der Waals surface area contributed by atoms with Gasteiger partial charge in [-0.25, -0.2) is 4.98 Å². The van der Waals surface area contributed by atoms with Crippen LogP contribution in [-0.4, -0.2) is 43.4 Å². The number of alkyl halides is 3. The van der Waals surface area contributed by atoms with Gasteiger partial charge in [-0.2, -0.15) is 17.7 Å². The third-order valence-corrected chi connectivity index (χ3v) is 4.41. The van der Waals surface area contributed by atoms with Crippen LogP contribution in [0.4, 0.5) is 18.9 Å². The lowest BCUT2D eigenvalue weighted by Gasteiger charge is -2.28. The molecule has 9 heteroatoms. The molecule has 0 atom stereocenters. The minimum atomic E-state index is -5.19. The van der Waals surface area contributed by atoms with Gasteiger partial charge >= 0.3 is 6.18 Å². The number of para-hydroxylation sites is 2. The first-order chi connectivity index (χ1) is 13.3. The zero-order valence-electron chi connectivity index (χ0n) is 15.1. The van der Waals surface area contributed by atoms with Gasteiger partial charge in [0.15, 0.2) is 0 Å². The van der Waals surface area contributed by atoms with Gasteiger partial charge in [-0.1, -0.05) is 12.1 Å². The lowest BCUT2D eigenvalue weighted by molar-refractivity contribution is -0.617. The molecule has 0 aliphatic carbocycles. The third kappa shape index (κ3) is 4.30. The van der Waals surface area contributed by atoms with E-state index in [-0.39, 0.29) is 0 Å². The Labute approximate surface area is 158 Å². The van der Waals surface area contributed by atoms with Gasteiger partial charge in [-0.3, -0.25) is 0 Å². The van der Waals surface area contributed by atoms with Gasteiger partial charge in [0.05, 0.1) is 13.2 Å². The number of hydrogen-bond donors (Lipinski definition) is 0. The molecule has 0 saturated carbocycles. The molecule has 1 saturated heterocycles. The van der Waals surface area contributed by atoms with Crippen LogP contribution in [0.1, 0.15) is 0 Å². The van der Waals surface area contributed by atoms with Gasteiger partial charge in [-0.15, -0.1) is 0 Å². The summed E-state index contributed by atoms with van der Waals surface area (Å²) < 4.78 is 39.2. The number of carbonyl (C=O) groups excluding carboxylic acids is 1. The maximum absolute atomic E-state index is 10.5. The molecule has 2 heterocycles. The maximum Gasteiger partial charge on any atom is 0.430 e. The summed E-state index contributed by atoms with van der Waals surface area (Å²) >= 11 is 0. The number of fused-ring (bicyclic) bond motifs is 2. The Balaban J connectivity index is 0.000000279. The summed E-state index contributed by atoms with van der Waals surface area (Å²) in [6.45, 7) is 3.52. The summed E-state index contributed by atoms with van der Waals surface area (Å²) in [5, 5.41) is 8.78. The molecule has 0 N–H and O–H groups in total. The topological polar surface area (TPSA) is 69.4 Å². The zero-order valence-corrected chi connectivity index (χ0v) is 15.1. The molecule has 0 spiro atoms. The van der Waals surface area contributed by atoms with Gasteiger partial charge in [0.2, 0.25) is 11.0 Å². The Bertz CT molecular complexity index is 1000. The number of morpholine rings is 1. The predicted molar refractivity (Wildman–Crippen MR) is 94.5 cm³/mol. The number of aliphatic carboxylic acids is 1. The summed E-state index contributed by atoms with van der Waals surface area (Å²) in [6.07, 6.45) is -5.19. The zero-order chi connectivity index (χ0) is 20.3. The Morgan fingerprint density at radius 1 is 1.11 bits per heavy atom.